The van der Waals surface area contributed by atoms with Gasteiger partial charge in [0, 0.05) is 11.9 Å². The molecule has 0 rings (SSSR count). The summed E-state index contributed by atoms with van der Waals surface area (Å²) >= 11 is 0.0725. The zero-order valence-corrected chi connectivity index (χ0v) is 12.3. The number of alkyl halides is 3. The first-order chi connectivity index (χ1) is 5.84. The van der Waals surface area contributed by atoms with E-state index >= 15 is 0 Å². The lowest BCUT2D eigenvalue weighted by atomic mass is 11.6. The predicted octanol–water partition coefficient (Wildman–Crippen LogP) is 4.13. The normalized spacial score (nSPS) is 15.0. The summed E-state index contributed by atoms with van der Waals surface area (Å²) in [5.74, 6) is 0. The molecule has 0 amide bonds. The van der Waals surface area contributed by atoms with Crippen LogP contribution in [-0.2, 0) is 0 Å². The zero-order chi connectivity index (χ0) is 11.8. The van der Waals surface area contributed by atoms with Gasteiger partial charge in [-0.1, -0.05) is 39.3 Å². The highest BCUT2D eigenvalue weighted by Gasteiger charge is 2.43. The fraction of sp³-hybridized carbons (Fsp3) is 1.00. The fourth-order valence-electron chi connectivity index (χ4n) is 1.38. The summed E-state index contributed by atoms with van der Waals surface area (Å²) < 4.78 is 38.6. The summed E-state index contributed by atoms with van der Waals surface area (Å²) in [6, 6.07) is 0. The number of rotatable bonds is 3. The van der Waals surface area contributed by atoms with Crippen LogP contribution in [0.1, 0.15) is 0 Å². The molecule has 0 heterocycles. The molecule has 0 atom stereocenters. The first-order valence-electron chi connectivity index (χ1n) is 4.40. The monoisotopic (exact) mass is 261 g/mol. The van der Waals surface area contributed by atoms with Crippen molar-refractivity contribution in [2.24, 2.45) is 0 Å². The van der Waals surface area contributed by atoms with Crippen LogP contribution in [0, 0.1) is 0 Å². The van der Waals surface area contributed by atoms with Gasteiger partial charge in [0.05, 0.1) is 0 Å². The zero-order valence-electron chi connectivity index (χ0n) is 9.49. The van der Waals surface area contributed by atoms with E-state index in [-0.39, 0.29) is 11.9 Å². The van der Waals surface area contributed by atoms with E-state index < -0.39 is 22.0 Å². The molecule has 1 nitrogen and oxygen atoms in total. The van der Waals surface area contributed by atoms with Crippen molar-refractivity contribution in [3.05, 3.63) is 0 Å². The van der Waals surface area contributed by atoms with Crippen LogP contribution in [0.2, 0.25) is 39.3 Å². The van der Waals surface area contributed by atoms with Gasteiger partial charge in [0.25, 0.3) is 0 Å². The molecule has 0 N–H and O–H groups in total. The first kappa shape index (κ1) is 14.5. The first-order valence-corrected chi connectivity index (χ1v) is 12.1. The van der Waals surface area contributed by atoms with E-state index in [4.69, 9.17) is 0 Å². The van der Waals surface area contributed by atoms with Crippen molar-refractivity contribution in [1.29, 1.82) is 0 Å². The smallest absolute Gasteiger partial charge is 0.286 e. The minimum atomic E-state index is -4.15. The molecule has 0 aliphatic carbocycles. The van der Waals surface area contributed by atoms with Gasteiger partial charge in [0.1, 0.15) is 16.5 Å². The third-order valence-corrected chi connectivity index (χ3v) is 12.1. The number of hydrogen-bond acceptors (Lipinski definition) is 2. The maximum absolute atomic E-state index is 12.3. The lowest BCUT2D eigenvalue weighted by molar-refractivity contribution is -0.0344. The van der Waals surface area contributed by atoms with Crippen LogP contribution < -0.4 is 0 Å². The maximum Gasteiger partial charge on any atom is 0.455 e. The summed E-state index contributed by atoms with van der Waals surface area (Å²) in [7, 11) is -3.79. The van der Waals surface area contributed by atoms with Crippen LogP contribution in [-0.4, -0.2) is 25.6 Å². The number of nitrogens with zero attached hydrogens (tertiary/aromatic N) is 1. The average molecular weight is 261 g/mol. The maximum atomic E-state index is 12.3. The molecule has 0 aliphatic heterocycles. The van der Waals surface area contributed by atoms with E-state index in [1.165, 1.54) is 0 Å². The minimum absolute atomic E-state index is 0.0725. The highest BCUT2D eigenvalue weighted by molar-refractivity contribution is 8.00. The molecule has 86 valence electrons. The van der Waals surface area contributed by atoms with E-state index in [1.54, 1.807) is 3.64 Å². The summed E-state index contributed by atoms with van der Waals surface area (Å²) in [4.78, 5) is 0. The molecule has 0 fully saturated rings. The molecule has 0 radical (unpaired) electrons. The van der Waals surface area contributed by atoms with Crippen LogP contribution >= 0.6 is 11.9 Å². The Morgan fingerprint density at radius 1 is 0.857 bits per heavy atom. The van der Waals surface area contributed by atoms with Crippen LogP contribution in [0.25, 0.3) is 0 Å². The second kappa shape index (κ2) is 4.19. The number of halogens is 3. The van der Waals surface area contributed by atoms with Crippen LogP contribution in [0.4, 0.5) is 13.2 Å². The highest BCUT2D eigenvalue weighted by atomic mass is 32.2. The van der Waals surface area contributed by atoms with E-state index in [0.717, 1.165) is 0 Å². The van der Waals surface area contributed by atoms with Crippen molar-refractivity contribution in [2.45, 2.75) is 44.8 Å². The van der Waals surface area contributed by atoms with Crippen LogP contribution in [0.15, 0.2) is 0 Å². The van der Waals surface area contributed by atoms with E-state index in [1.807, 2.05) is 39.3 Å². The molecule has 0 aliphatic rings. The molecule has 14 heavy (non-hydrogen) atoms. The molecule has 0 aromatic carbocycles. The predicted molar refractivity (Wildman–Crippen MR) is 62.2 cm³/mol. The summed E-state index contributed by atoms with van der Waals surface area (Å²) in [6.07, 6.45) is 0. The Labute approximate surface area is 90.4 Å². The molecule has 0 aromatic heterocycles. The Hall–Kier alpha value is 0.534. The van der Waals surface area contributed by atoms with Gasteiger partial charge in [-0.25, -0.2) is 0 Å². The summed E-state index contributed by atoms with van der Waals surface area (Å²) in [5.41, 5.74) is -4.15. The molecule has 0 spiro atoms. The molecule has 0 unspecified atom stereocenters. The molecule has 0 saturated carbocycles. The van der Waals surface area contributed by atoms with Crippen LogP contribution in [0.3, 0.4) is 0 Å². The molecular formula is C7H18F3NSSi2. The highest BCUT2D eigenvalue weighted by Crippen LogP contribution is 2.39. The Balaban J connectivity index is 4.78. The molecule has 0 aromatic rings. The lowest BCUT2D eigenvalue weighted by Gasteiger charge is -2.42. The van der Waals surface area contributed by atoms with Crippen LogP contribution in [0.5, 0.6) is 0 Å². The van der Waals surface area contributed by atoms with Crippen molar-refractivity contribution >= 4 is 28.4 Å². The van der Waals surface area contributed by atoms with Gasteiger partial charge in [-0.15, -0.1) is 0 Å². The summed E-state index contributed by atoms with van der Waals surface area (Å²) in [5, 5.41) is 0. The Kier molecular flexibility index (Phi) is 4.35. The lowest BCUT2D eigenvalue weighted by Crippen LogP contribution is -2.55. The van der Waals surface area contributed by atoms with Gasteiger partial charge < -0.3 is 0 Å². The minimum Gasteiger partial charge on any atom is -0.286 e. The molecule has 7 heteroatoms. The molecule has 0 saturated heterocycles. The Morgan fingerprint density at radius 2 is 1.14 bits per heavy atom. The van der Waals surface area contributed by atoms with Crippen molar-refractivity contribution in [1.82, 2.24) is 3.64 Å². The second-order valence-electron chi connectivity index (χ2n) is 5.17. The molecule has 0 bridgehead atoms. The second-order valence-corrected chi connectivity index (χ2v) is 16.9. The van der Waals surface area contributed by atoms with Gasteiger partial charge in [0.2, 0.25) is 0 Å². The van der Waals surface area contributed by atoms with Gasteiger partial charge in [0.15, 0.2) is 0 Å². The van der Waals surface area contributed by atoms with E-state index in [2.05, 4.69) is 0 Å². The third-order valence-electron chi connectivity index (χ3n) is 1.41. The molecular weight excluding hydrogens is 243 g/mol. The Morgan fingerprint density at radius 3 is 1.21 bits per heavy atom. The number of hydrogen-bond donors (Lipinski definition) is 0. The quantitative estimate of drug-likeness (QED) is 0.555. The van der Waals surface area contributed by atoms with Crippen molar-refractivity contribution in [2.75, 3.05) is 0 Å². The fourth-order valence-corrected chi connectivity index (χ4v) is 12.5. The largest absolute Gasteiger partial charge is 0.455 e. The van der Waals surface area contributed by atoms with Crippen molar-refractivity contribution < 1.29 is 13.2 Å². The van der Waals surface area contributed by atoms with E-state index in [9.17, 15) is 13.2 Å². The van der Waals surface area contributed by atoms with Gasteiger partial charge in [-0.05, 0) is 0 Å². The van der Waals surface area contributed by atoms with E-state index in [0.29, 0.717) is 0 Å². The summed E-state index contributed by atoms with van der Waals surface area (Å²) in [6.45, 7) is 11.7. The van der Waals surface area contributed by atoms with Gasteiger partial charge in [-0.2, -0.15) is 13.2 Å². The topological polar surface area (TPSA) is 3.24 Å². The van der Waals surface area contributed by atoms with Crippen molar-refractivity contribution in [3.8, 4) is 0 Å². The average Bonchev–Trinajstić information content (AvgIpc) is 1.75. The SMILES string of the molecule is C[Si](C)(C)N(SC(F)(F)F)[Si](C)(C)C. The Bertz CT molecular complexity index is 181. The van der Waals surface area contributed by atoms with Gasteiger partial charge >= 0.3 is 5.51 Å². The van der Waals surface area contributed by atoms with Crippen molar-refractivity contribution in [3.63, 3.8) is 0 Å². The van der Waals surface area contributed by atoms with Gasteiger partial charge in [-0.3, -0.25) is 3.64 Å². The standard InChI is InChI=1S/C7H18F3NSSi2/c1-13(2,3)11(14(4,5)6)12-7(8,9)10/h1-6H3. The third kappa shape index (κ3) is 5.42.